The Morgan fingerprint density at radius 1 is 1.26 bits per heavy atom. The van der Waals surface area contributed by atoms with Gasteiger partial charge in [-0.1, -0.05) is 38.8 Å². The summed E-state index contributed by atoms with van der Waals surface area (Å²) in [5, 5.41) is 9.38. The van der Waals surface area contributed by atoms with Crippen molar-refractivity contribution in [3.8, 4) is 6.07 Å². The summed E-state index contributed by atoms with van der Waals surface area (Å²) in [5.41, 5.74) is 3.37. The molecule has 0 N–H and O–H groups in total. The number of aryl methyl sites for hydroxylation is 1. The fourth-order valence-corrected chi connectivity index (χ4v) is 2.94. The Morgan fingerprint density at radius 3 is 2.78 bits per heavy atom. The van der Waals surface area contributed by atoms with E-state index < -0.39 is 0 Å². The molecule has 0 radical (unpaired) electrons. The molecule has 122 valence electrons. The van der Waals surface area contributed by atoms with Crippen LogP contribution < -0.4 is 0 Å². The topological polar surface area (TPSA) is 56.5 Å². The van der Waals surface area contributed by atoms with Crippen molar-refractivity contribution >= 4 is 17.3 Å². The first-order valence-corrected chi connectivity index (χ1v) is 8.55. The molecule has 1 fully saturated rings. The number of rotatable bonds is 7. The average molecular weight is 311 g/mol. The van der Waals surface area contributed by atoms with Gasteiger partial charge in [0.2, 0.25) is 5.91 Å². The molecule has 0 bridgehead atoms. The van der Waals surface area contributed by atoms with Gasteiger partial charge in [-0.15, -0.1) is 0 Å². The molecule has 1 amide bonds. The summed E-state index contributed by atoms with van der Waals surface area (Å²) < 4.78 is 0. The molecule has 1 aliphatic rings. The monoisotopic (exact) mass is 311 g/mol. The third kappa shape index (κ3) is 4.41. The molecule has 0 unspecified atom stereocenters. The summed E-state index contributed by atoms with van der Waals surface area (Å²) in [6, 6.07) is 8.03. The van der Waals surface area contributed by atoms with Crippen LogP contribution in [0.15, 0.2) is 23.2 Å². The Morgan fingerprint density at radius 2 is 2.09 bits per heavy atom. The van der Waals surface area contributed by atoms with Crippen molar-refractivity contribution in [1.29, 1.82) is 5.26 Å². The van der Waals surface area contributed by atoms with E-state index in [2.05, 4.69) is 26.0 Å². The SMILES string of the molecule is CCCCCc1cccc(C#N)c1N=C1CC(=O)N(CCC)C1. The van der Waals surface area contributed by atoms with E-state index in [1.807, 2.05) is 17.0 Å². The van der Waals surface area contributed by atoms with Crippen molar-refractivity contribution in [1.82, 2.24) is 4.90 Å². The summed E-state index contributed by atoms with van der Waals surface area (Å²) in [5.74, 6) is 0.146. The summed E-state index contributed by atoms with van der Waals surface area (Å²) in [7, 11) is 0. The number of para-hydroxylation sites is 1. The number of hydrogen-bond acceptors (Lipinski definition) is 3. The number of carbonyl (C=O) groups is 1. The number of aliphatic imine (C=N–C) groups is 1. The average Bonchev–Trinajstić information content (AvgIpc) is 2.89. The van der Waals surface area contributed by atoms with Gasteiger partial charge >= 0.3 is 0 Å². The highest BCUT2D eigenvalue weighted by molar-refractivity contribution is 6.09. The van der Waals surface area contributed by atoms with Gasteiger partial charge < -0.3 is 4.90 Å². The quantitative estimate of drug-likeness (QED) is 0.714. The van der Waals surface area contributed by atoms with Gasteiger partial charge in [0, 0.05) is 12.3 Å². The molecule has 1 heterocycles. The second-order valence-electron chi connectivity index (χ2n) is 6.05. The Labute approximate surface area is 138 Å². The molecule has 2 rings (SSSR count). The normalized spacial score (nSPS) is 16.1. The third-order valence-corrected chi connectivity index (χ3v) is 4.13. The van der Waals surface area contributed by atoms with Gasteiger partial charge in [0.1, 0.15) is 6.07 Å². The Kier molecular flexibility index (Phi) is 6.34. The summed E-state index contributed by atoms with van der Waals surface area (Å²) in [4.78, 5) is 18.6. The van der Waals surface area contributed by atoms with E-state index in [9.17, 15) is 10.1 Å². The van der Waals surface area contributed by atoms with E-state index in [1.54, 1.807) is 0 Å². The molecular weight excluding hydrogens is 286 g/mol. The number of benzene rings is 1. The van der Waals surface area contributed by atoms with Gasteiger partial charge in [0.25, 0.3) is 0 Å². The van der Waals surface area contributed by atoms with Gasteiger partial charge in [0.15, 0.2) is 0 Å². The van der Waals surface area contributed by atoms with Crippen molar-refractivity contribution in [2.24, 2.45) is 4.99 Å². The first-order valence-electron chi connectivity index (χ1n) is 8.55. The van der Waals surface area contributed by atoms with Crippen LogP contribution in [-0.2, 0) is 11.2 Å². The molecule has 1 saturated heterocycles. The van der Waals surface area contributed by atoms with E-state index in [-0.39, 0.29) is 5.91 Å². The van der Waals surface area contributed by atoms with Crippen molar-refractivity contribution in [2.75, 3.05) is 13.1 Å². The van der Waals surface area contributed by atoms with Crippen LogP contribution in [0.5, 0.6) is 0 Å². The van der Waals surface area contributed by atoms with Crippen LogP contribution in [0.3, 0.4) is 0 Å². The minimum absolute atomic E-state index is 0.146. The molecule has 4 nitrogen and oxygen atoms in total. The zero-order valence-corrected chi connectivity index (χ0v) is 14.1. The smallest absolute Gasteiger partial charge is 0.228 e. The van der Waals surface area contributed by atoms with Crippen LogP contribution >= 0.6 is 0 Å². The Bertz CT molecular complexity index is 628. The lowest BCUT2D eigenvalue weighted by Crippen LogP contribution is -2.25. The van der Waals surface area contributed by atoms with Crippen molar-refractivity contribution in [3.63, 3.8) is 0 Å². The first kappa shape index (κ1) is 17.2. The number of unbranched alkanes of at least 4 members (excludes halogenated alkanes) is 2. The van der Waals surface area contributed by atoms with E-state index in [4.69, 9.17) is 4.99 Å². The molecule has 0 aromatic heterocycles. The van der Waals surface area contributed by atoms with Crippen molar-refractivity contribution in [3.05, 3.63) is 29.3 Å². The lowest BCUT2D eigenvalue weighted by molar-refractivity contribution is -0.127. The maximum absolute atomic E-state index is 12.0. The molecule has 23 heavy (non-hydrogen) atoms. The summed E-state index contributed by atoms with van der Waals surface area (Å²) >= 11 is 0. The maximum Gasteiger partial charge on any atom is 0.228 e. The number of hydrogen-bond donors (Lipinski definition) is 0. The number of nitriles is 1. The molecule has 0 aliphatic carbocycles. The van der Waals surface area contributed by atoms with Gasteiger partial charge in [0.05, 0.1) is 24.2 Å². The summed E-state index contributed by atoms with van der Waals surface area (Å²) in [6.45, 7) is 5.63. The molecule has 0 atom stereocenters. The lowest BCUT2D eigenvalue weighted by atomic mass is 10.0. The highest BCUT2D eigenvalue weighted by atomic mass is 16.2. The predicted molar refractivity (Wildman–Crippen MR) is 93.0 cm³/mol. The molecule has 0 spiro atoms. The van der Waals surface area contributed by atoms with Crippen LogP contribution in [0, 0.1) is 11.3 Å². The van der Waals surface area contributed by atoms with Crippen LogP contribution in [0.1, 0.15) is 57.1 Å². The van der Waals surface area contributed by atoms with Gasteiger partial charge in [-0.25, -0.2) is 0 Å². The number of amides is 1. The predicted octanol–water partition coefficient (Wildman–Crippen LogP) is 4.01. The zero-order valence-electron chi connectivity index (χ0n) is 14.1. The molecule has 1 aromatic carbocycles. The fraction of sp³-hybridized carbons (Fsp3) is 0.526. The van der Waals surface area contributed by atoms with Gasteiger partial charge in [-0.2, -0.15) is 5.26 Å². The molecule has 0 saturated carbocycles. The number of carbonyl (C=O) groups excluding carboxylic acids is 1. The van der Waals surface area contributed by atoms with Crippen LogP contribution in [0.25, 0.3) is 0 Å². The Hall–Kier alpha value is -2.15. The minimum Gasteiger partial charge on any atom is -0.337 e. The van der Waals surface area contributed by atoms with Gasteiger partial charge in [-0.05, 0) is 30.9 Å². The third-order valence-electron chi connectivity index (χ3n) is 4.13. The van der Waals surface area contributed by atoms with E-state index in [0.29, 0.717) is 18.5 Å². The zero-order chi connectivity index (χ0) is 16.7. The summed E-state index contributed by atoms with van der Waals surface area (Å²) in [6.07, 6.45) is 5.72. The minimum atomic E-state index is 0.146. The molecule has 4 heteroatoms. The maximum atomic E-state index is 12.0. The standard InChI is InChI=1S/C19H25N3O/c1-3-5-6-8-15-9-7-10-16(13-20)19(15)21-17-12-18(23)22(14-17)11-4-2/h7,9-10H,3-6,8,11-12,14H2,1-2H3. The second-order valence-corrected chi connectivity index (χ2v) is 6.05. The van der Waals surface area contributed by atoms with Crippen molar-refractivity contribution in [2.45, 2.75) is 52.4 Å². The van der Waals surface area contributed by atoms with E-state index in [0.717, 1.165) is 42.8 Å². The van der Waals surface area contributed by atoms with E-state index in [1.165, 1.54) is 12.8 Å². The lowest BCUT2D eigenvalue weighted by Gasteiger charge is -2.12. The fourth-order valence-electron chi connectivity index (χ4n) is 2.94. The largest absolute Gasteiger partial charge is 0.337 e. The van der Waals surface area contributed by atoms with Crippen LogP contribution in [0.4, 0.5) is 5.69 Å². The highest BCUT2D eigenvalue weighted by Crippen LogP contribution is 2.27. The van der Waals surface area contributed by atoms with Crippen LogP contribution in [0.2, 0.25) is 0 Å². The van der Waals surface area contributed by atoms with Crippen LogP contribution in [-0.4, -0.2) is 29.6 Å². The van der Waals surface area contributed by atoms with E-state index >= 15 is 0 Å². The molecule has 1 aliphatic heterocycles. The van der Waals surface area contributed by atoms with Crippen molar-refractivity contribution < 1.29 is 4.79 Å². The highest BCUT2D eigenvalue weighted by Gasteiger charge is 2.25. The number of nitrogens with zero attached hydrogens (tertiary/aromatic N) is 3. The Balaban J connectivity index is 2.25. The molecular formula is C19H25N3O. The second kappa shape index (κ2) is 8.47. The number of likely N-dealkylation sites (tertiary alicyclic amines) is 1. The van der Waals surface area contributed by atoms with Gasteiger partial charge in [-0.3, -0.25) is 9.79 Å². The first-order chi connectivity index (χ1) is 11.2. The molecule has 1 aromatic rings.